The molecule has 4 aliphatic carbocycles. The molecule has 34 heavy (non-hydrogen) atoms. The van der Waals surface area contributed by atoms with Gasteiger partial charge in [0.2, 0.25) is 0 Å². The molecule has 180 valence electrons. The van der Waals surface area contributed by atoms with Gasteiger partial charge in [-0.25, -0.2) is 0 Å². The highest BCUT2D eigenvalue weighted by molar-refractivity contribution is 5.93. The Morgan fingerprint density at radius 1 is 1.09 bits per heavy atom. The Labute approximate surface area is 205 Å². The van der Waals surface area contributed by atoms with Crippen LogP contribution in [0.4, 0.5) is 5.69 Å². The summed E-state index contributed by atoms with van der Waals surface area (Å²) < 4.78 is 0. The molecule has 5 atom stereocenters. The van der Waals surface area contributed by atoms with Crippen molar-refractivity contribution in [1.82, 2.24) is 0 Å². The lowest BCUT2D eigenvalue weighted by molar-refractivity contribution is -0.114. The largest absolute Gasteiger partial charge is 0.378 e. The number of benzene rings is 1. The van der Waals surface area contributed by atoms with E-state index in [0.717, 1.165) is 38.5 Å². The third-order valence-electron chi connectivity index (χ3n) is 9.27. The van der Waals surface area contributed by atoms with Crippen molar-refractivity contribution in [3.8, 4) is 11.8 Å². The number of aliphatic hydroxyl groups is 1. The minimum absolute atomic E-state index is 0.236. The summed E-state index contributed by atoms with van der Waals surface area (Å²) in [6.07, 6.45) is 8.23. The zero-order valence-electron chi connectivity index (χ0n) is 21.4. The summed E-state index contributed by atoms with van der Waals surface area (Å²) in [5, 5.41) is 12.0. The Morgan fingerprint density at radius 2 is 1.82 bits per heavy atom. The van der Waals surface area contributed by atoms with Crippen LogP contribution in [0, 0.1) is 35.0 Å². The average molecular weight is 458 g/mol. The van der Waals surface area contributed by atoms with Crippen LogP contribution in [0.2, 0.25) is 0 Å². The number of carbonyl (C=O) groups excluding carboxylic acids is 1. The Hall–Kier alpha value is -2.31. The Kier molecular flexibility index (Phi) is 5.80. The summed E-state index contributed by atoms with van der Waals surface area (Å²) in [5.41, 5.74) is 5.69. The predicted molar refractivity (Wildman–Crippen MR) is 139 cm³/mol. The molecule has 0 amide bonds. The monoisotopic (exact) mass is 457 g/mol. The molecule has 0 radical (unpaired) electrons. The number of hydrogen-bond acceptors (Lipinski definition) is 3. The normalized spacial score (nSPS) is 34.6. The molecule has 1 aromatic carbocycles. The number of anilines is 1. The fourth-order valence-corrected chi connectivity index (χ4v) is 7.44. The molecular weight excluding hydrogens is 418 g/mol. The topological polar surface area (TPSA) is 40.5 Å². The fourth-order valence-electron chi connectivity index (χ4n) is 7.44. The smallest absolute Gasteiger partial charge is 0.156 e. The Balaban J connectivity index is 1.65. The zero-order valence-corrected chi connectivity index (χ0v) is 21.4. The molecule has 0 spiro atoms. The number of carbonyl (C=O) groups is 1. The molecule has 0 heterocycles. The lowest BCUT2D eigenvalue weighted by atomic mass is 9.51. The molecule has 3 heteroatoms. The summed E-state index contributed by atoms with van der Waals surface area (Å²) >= 11 is 0. The molecule has 2 unspecified atom stereocenters. The number of hydrogen-bond donors (Lipinski definition) is 1. The van der Waals surface area contributed by atoms with Gasteiger partial charge in [0, 0.05) is 43.5 Å². The van der Waals surface area contributed by atoms with Crippen molar-refractivity contribution >= 4 is 11.5 Å². The molecule has 0 bridgehead atoms. The maximum absolute atomic E-state index is 12.2. The third-order valence-corrected chi connectivity index (χ3v) is 9.27. The van der Waals surface area contributed by atoms with Crippen LogP contribution in [-0.2, 0) is 4.79 Å². The number of nitrogens with zero attached hydrogens (tertiary/aromatic N) is 1. The minimum atomic E-state index is -0.932. The molecule has 4 aliphatic rings. The van der Waals surface area contributed by atoms with Crippen molar-refractivity contribution in [3.05, 3.63) is 52.6 Å². The number of rotatable bonds is 2. The van der Waals surface area contributed by atoms with Crippen LogP contribution in [0.3, 0.4) is 0 Å². The molecule has 1 N–H and O–H groups in total. The van der Waals surface area contributed by atoms with Gasteiger partial charge in [-0.2, -0.15) is 0 Å². The van der Waals surface area contributed by atoms with Gasteiger partial charge in [0.1, 0.15) is 5.60 Å². The van der Waals surface area contributed by atoms with Crippen LogP contribution in [0.25, 0.3) is 0 Å². The van der Waals surface area contributed by atoms with E-state index in [1.54, 1.807) is 5.57 Å². The number of allylic oxidation sites excluding steroid dienone is 4. The van der Waals surface area contributed by atoms with Gasteiger partial charge in [0.25, 0.3) is 0 Å². The van der Waals surface area contributed by atoms with Crippen LogP contribution in [0.5, 0.6) is 0 Å². The molecule has 3 nitrogen and oxygen atoms in total. The average Bonchev–Trinajstić information content (AvgIpc) is 3.07. The second-order valence-electron chi connectivity index (χ2n) is 11.8. The van der Waals surface area contributed by atoms with E-state index in [1.807, 2.05) is 6.08 Å². The lowest BCUT2D eigenvalue weighted by Gasteiger charge is -2.53. The zero-order chi connectivity index (χ0) is 24.3. The second-order valence-corrected chi connectivity index (χ2v) is 11.8. The number of ketones is 1. The molecule has 0 saturated heterocycles. The van der Waals surface area contributed by atoms with Gasteiger partial charge >= 0.3 is 0 Å². The van der Waals surface area contributed by atoms with Crippen molar-refractivity contribution in [3.63, 3.8) is 0 Å². The summed E-state index contributed by atoms with van der Waals surface area (Å²) in [4.78, 5) is 14.4. The van der Waals surface area contributed by atoms with Crippen molar-refractivity contribution in [1.29, 1.82) is 0 Å². The molecule has 0 aliphatic heterocycles. The first-order valence-electron chi connectivity index (χ1n) is 13.1. The first kappa shape index (κ1) is 23.4. The summed E-state index contributed by atoms with van der Waals surface area (Å²) in [7, 11) is 4.15. The van der Waals surface area contributed by atoms with E-state index in [9.17, 15) is 9.90 Å². The van der Waals surface area contributed by atoms with E-state index < -0.39 is 5.60 Å². The van der Waals surface area contributed by atoms with Crippen LogP contribution in [0.15, 0.2) is 47.1 Å². The molecular formula is C31H39NO2. The minimum Gasteiger partial charge on any atom is -0.378 e. The summed E-state index contributed by atoms with van der Waals surface area (Å²) in [5.74, 6) is 8.40. The van der Waals surface area contributed by atoms with Gasteiger partial charge in [-0.05, 0) is 85.3 Å². The highest BCUT2D eigenvalue weighted by atomic mass is 16.3. The summed E-state index contributed by atoms with van der Waals surface area (Å²) in [6, 6.07) is 9.00. The molecule has 2 fully saturated rings. The van der Waals surface area contributed by atoms with E-state index >= 15 is 0 Å². The maximum atomic E-state index is 12.2. The van der Waals surface area contributed by atoms with Crippen molar-refractivity contribution < 1.29 is 9.90 Å². The van der Waals surface area contributed by atoms with Crippen LogP contribution in [0.1, 0.15) is 77.2 Å². The van der Waals surface area contributed by atoms with Gasteiger partial charge in [-0.15, -0.1) is 0 Å². The second kappa shape index (κ2) is 8.42. The van der Waals surface area contributed by atoms with E-state index in [4.69, 9.17) is 0 Å². The summed E-state index contributed by atoms with van der Waals surface area (Å²) in [6.45, 7) is 6.52. The van der Waals surface area contributed by atoms with Crippen molar-refractivity contribution in [2.75, 3.05) is 19.0 Å². The van der Waals surface area contributed by atoms with E-state index in [-0.39, 0.29) is 23.0 Å². The van der Waals surface area contributed by atoms with Crippen molar-refractivity contribution in [2.24, 2.45) is 23.2 Å². The van der Waals surface area contributed by atoms with Crippen LogP contribution < -0.4 is 4.90 Å². The van der Waals surface area contributed by atoms with Gasteiger partial charge < -0.3 is 10.0 Å². The lowest BCUT2D eigenvalue weighted by Crippen LogP contribution is -2.51. The SMILES string of the molecule is CC(C)C#CC1(O)CC[C@H]2[C@@H]3CCC4=CC(=O)CCC4=C3C(c3ccc(N(C)C)cc3)C[C@@]21C. The Bertz CT molecular complexity index is 1110. The highest BCUT2D eigenvalue weighted by Gasteiger charge is 2.62. The standard InChI is InChI=1S/C31H39NO2/c1-20(2)14-16-31(34)17-15-28-26-12-8-22-18-24(33)11-13-25(22)29(26)27(19-30(28,31)3)21-6-9-23(10-7-21)32(4)5/h6-7,9-10,18,20,26-28,34H,8,11-13,15,17,19H2,1-5H3/t26-,27?,28-,30-,31?/m0/s1. The Morgan fingerprint density at radius 3 is 2.50 bits per heavy atom. The molecule has 5 rings (SSSR count). The highest BCUT2D eigenvalue weighted by Crippen LogP contribution is 2.66. The van der Waals surface area contributed by atoms with Gasteiger partial charge in [-0.1, -0.05) is 50.3 Å². The first-order chi connectivity index (χ1) is 16.1. The van der Waals surface area contributed by atoms with Gasteiger partial charge in [-0.3, -0.25) is 4.79 Å². The van der Waals surface area contributed by atoms with Gasteiger partial charge in [0.05, 0.1) is 0 Å². The van der Waals surface area contributed by atoms with Crippen LogP contribution >= 0.6 is 0 Å². The first-order valence-corrected chi connectivity index (χ1v) is 13.1. The quantitative estimate of drug-likeness (QED) is 0.550. The van der Waals surface area contributed by atoms with Crippen molar-refractivity contribution in [2.45, 2.75) is 77.2 Å². The van der Waals surface area contributed by atoms with Gasteiger partial charge in [0.15, 0.2) is 5.78 Å². The fraction of sp³-hybridized carbons (Fsp3) is 0.581. The maximum Gasteiger partial charge on any atom is 0.156 e. The molecule has 0 aromatic heterocycles. The van der Waals surface area contributed by atoms with E-state index in [2.05, 4.69) is 75.9 Å². The number of fused-ring (bicyclic) bond motifs is 4. The molecule has 1 aromatic rings. The van der Waals surface area contributed by atoms with E-state index in [0.29, 0.717) is 18.3 Å². The van der Waals surface area contributed by atoms with Crippen LogP contribution in [-0.4, -0.2) is 30.6 Å². The van der Waals surface area contributed by atoms with E-state index in [1.165, 1.54) is 22.4 Å². The predicted octanol–water partition coefficient (Wildman–Crippen LogP) is 6.04. The third kappa shape index (κ3) is 3.66. The molecule has 2 saturated carbocycles.